The summed E-state index contributed by atoms with van der Waals surface area (Å²) in [7, 11) is -3.61. The lowest BCUT2D eigenvalue weighted by Crippen LogP contribution is -2.30. The van der Waals surface area contributed by atoms with Crippen molar-refractivity contribution in [2.45, 2.75) is 30.0 Å². The van der Waals surface area contributed by atoms with Gasteiger partial charge in [-0.15, -0.1) is 10.2 Å². The summed E-state index contributed by atoms with van der Waals surface area (Å²) in [5.74, 6) is -0.681. The Morgan fingerprint density at radius 1 is 0.917 bits per heavy atom. The fourth-order valence-electron chi connectivity index (χ4n) is 3.09. The van der Waals surface area contributed by atoms with Crippen LogP contribution in [0.15, 0.2) is 57.8 Å². The van der Waals surface area contributed by atoms with Crippen LogP contribution in [0.3, 0.4) is 0 Å². The molecule has 0 fully saturated rings. The average molecular weight is 548 g/mol. The molecule has 10 nitrogen and oxygen atoms in total. The monoisotopic (exact) mass is 547 g/mol. The molecule has 0 unspecified atom stereocenters. The van der Waals surface area contributed by atoms with Gasteiger partial charge in [-0.25, -0.2) is 8.42 Å². The summed E-state index contributed by atoms with van der Waals surface area (Å²) in [6, 6.07) is 12.3. The summed E-state index contributed by atoms with van der Waals surface area (Å²) < 4.78 is 27.0. The van der Waals surface area contributed by atoms with E-state index in [0.29, 0.717) is 28.7 Å². The number of nitrogens with one attached hydrogen (secondary N) is 2. The number of hydrogen-bond donors (Lipinski definition) is 2. The molecule has 3 rings (SSSR count). The number of carbonyl (C=O) groups excluding carboxylic acids is 3. The maximum atomic E-state index is 12.6. The van der Waals surface area contributed by atoms with Gasteiger partial charge >= 0.3 is 0 Å². The highest BCUT2D eigenvalue weighted by molar-refractivity contribution is 8.01. The molecule has 2 N–H and O–H groups in total. The highest BCUT2D eigenvalue weighted by atomic mass is 32.2. The lowest BCUT2D eigenvalue weighted by Gasteiger charge is -2.18. The third-order valence-corrected chi connectivity index (χ3v) is 9.02. The summed E-state index contributed by atoms with van der Waals surface area (Å²) in [5, 5.41) is 13.5. The van der Waals surface area contributed by atoms with Gasteiger partial charge in [0.15, 0.2) is 10.1 Å². The molecule has 1 aromatic heterocycles. The molecule has 2 aromatic carbocycles. The van der Waals surface area contributed by atoms with Crippen molar-refractivity contribution in [1.82, 2.24) is 14.5 Å². The second-order valence-corrected chi connectivity index (χ2v) is 11.5. The van der Waals surface area contributed by atoms with E-state index in [0.717, 1.165) is 11.3 Å². The van der Waals surface area contributed by atoms with E-state index in [-0.39, 0.29) is 33.0 Å². The number of carbonyl (C=O) groups is 3. The van der Waals surface area contributed by atoms with Crippen molar-refractivity contribution in [3.05, 3.63) is 59.7 Å². The molecule has 0 radical (unpaired) electrons. The number of hydrogen-bond acceptors (Lipinski definition) is 9. The third kappa shape index (κ3) is 6.97. The Balaban J connectivity index is 1.53. The molecule has 1 heterocycles. The Labute approximate surface area is 217 Å². The van der Waals surface area contributed by atoms with Crippen molar-refractivity contribution in [3.63, 3.8) is 0 Å². The molecular weight excluding hydrogens is 522 g/mol. The number of amides is 2. The Morgan fingerprint density at radius 2 is 1.53 bits per heavy atom. The van der Waals surface area contributed by atoms with Crippen molar-refractivity contribution in [1.29, 1.82) is 0 Å². The number of thioether (sulfide) groups is 1. The van der Waals surface area contributed by atoms with Crippen molar-refractivity contribution in [3.8, 4) is 0 Å². The van der Waals surface area contributed by atoms with Gasteiger partial charge in [0, 0.05) is 29.9 Å². The molecule has 0 aliphatic rings. The number of anilines is 2. The molecule has 2 amide bonds. The molecule has 0 saturated carbocycles. The highest BCUT2D eigenvalue weighted by Crippen LogP contribution is 2.26. The van der Waals surface area contributed by atoms with Crippen LogP contribution in [0.5, 0.6) is 0 Å². The Kier molecular flexibility index (Phi) is 9.31. The molecule has 13 heteroatoms. The summed E-state index contributed by atoms with van der Waals surface area (Å²) in [6.07, 6.45) is 0. The molecule has 0 saturated heterocycles. The SMILES string of the molecule is CCN(CC)S(=O)(=O)c1ccc(C(=O)Nc2nnc(SCC(=O)Nc3ccc(C(C)=O)cc3)s2)cc1. The van der Waals surface area contributed by atoms with Gasteiger partial charge in [-0.05, 0) is 55.5 Å². The van der Waals surface area contributed by atoms with E-state index in [1.54, 1.807) is 38.1 Å². The van der Waals surface area contributed by atoms with Gasteiger partial charge in [0.25, 0.3) is 5.91 Å². The molecule has 36 heavy (non-hydrogen) atoms. The van der Waals surface area contributed by atoms with E-state index in [4.69, 9.17) is 0 Å². The number of aromatic nitrogens is 2. The first-order valence-corrected chi connectivity index (χ1v) is 14.2. The molecule has 0 atom stereocenters. The first-order valence-electron chi connectivity index (χ1n) is 10.9. The maximum absolute atomic E-state index is 12.6. The van der Waals surface area contributed by atoms with E-state index >= 15 is 0 Å². The van der Waals surface area contributed by atoms with Crippen LogP contribution in [-0.2, 0) is 14.8 Å². The van der Waals surface area contributed by atoms with E-state index < -0.39 is 15.9 Å². The number of sulfonamides is 1. The normalized spacial score (nSPS) is 11.3. The lowest BCUT2D eigenvalue weighted by atomic mass is 10.1. The van der Waals surface area contributed by atoms with Crippen LogP contribution in [0.25, 0.3) is 0 Å². The fourth-order valence-corrected chi connectivity index (χ4v) is 6.10. The van der Waals surface area contributed by atoms with Crippen molar-refractivity contribution in [2.75, 3.05) is 29.5 Å². The lowest BCUT2D eigenvalue weighted by molar-refractivity contribution is -0.113. The fraction of sp³-hybridized carbons (Fsp3) is 0.261. The number of rotatable bonds is 11. The smallest absolute Gasteiger partial charge is 0.257 e. The number of ketones is 1. The molecule has 3 aromatic rings. The van der Waals surface area contributed by atoms with Gasteiger partial charge in [-0.1, -0.05) is 36.9 Å². The summed E-state index contributed by atoms with van der Waals surface area (Å²) in [6.45, 7) is 5.71. The Bertz CT molecular complexity index is 1340. The van der Waals surface area contributed by atoms with Crippen molar-refractivity contribution >= 4 is 61.5 Å². The van der Waals surface area contributed by atoms with E-state index in [1.165, 1.54) is 47.3 Å². The predicted octanol–water partition coefficient (Wildman–Crippen LogP) is 3.75. The molecule has 0 aliphatic carbocycles. The van der Waals surface area contributed by atoms with Gasteiger partial charge in [-0.2, -0.15) is 4.31 Å². The minimum absolute atomic E-state index is 0.0529. The molecule has 0 bridgehead atoms. The molecule has 0 spiro atoms. The highest BCUT2D eigenvalue weighted by Gasteiger charge is 2.22. The minimum Gasteiger partial charge on any atom is -0.325 e. The van der Waals surface area contributed by atoms with Crippen LogP contribution in [0.2, 0.25) is 0 Å². The predicted molar refractivity (Wildman–Crippen MR) is 140 cm³/mol. The third-order valence-electron chi connectivity index (χ3n) is 4.99. The van der Waals surface area contributed by atoms with Crippen LogP contribution < -0.4 is 10.6 Å². The summed E-state index contributed by atoms with van der Waals surface area (Å²) >= 11 is 2.28. The van der Waals surface area contributed by atoms with Gasteiger partial charge < -0.3 is 5.32 Å². The number of nitrogens with zero attached hydrogens (tertiary/aromatic N) is 3. The molecular formula is C23H25N5O5S3. The second kappa shape index (κ2) is 12.2. The maximum Gasteiger partial charge on any atom is 0.257 e. The second-order valence-electron chi connectivity index (χ2n) is 7.41. The van der Waals surface area contributed by atoms with Gasteiger partial charge in [0.1, 0.15) is 0 Å². The summed E-state index contributed by atoms with van der Waals surface area (Å²) in [4.78, 5) is 36.2. The van der Waals surface area contributed by atoms with Crippen LogP contribution in [0.4, 0.5) is 10.8 Å². The van der Waals surface area contributed by atoms with E-state index in [2.05, 4.69) is 20.8 Å². The van der Waals surface area contributed by atoms with Crippen LogP contribution in [-0.4, -0.2) is 59.4 Å². The zero-order valence-corrected chi connectivity index (χ0v) is 22.3. The zero-order valence-electron chi connectivity index (χ0n) is 19.8. The molecule has 0 aliphatic heterocycles. The van der Waals surface area contributed by atoms with E-state index in [1.807, 2.05) is 0 Å². The quantitative estimate of drug-likeness (QED) is 0.210. The van der Waals surface area contributed by atoms with Gasteiger partial charge in [0.2, 0.25) is 21.1 Å². The number of Topliss-reactive ketones (excluding diaryl/α,β-unsaturated/α-hetero) is 1. The zero-order chi connectivity index (χ0) is 26.3. The van der Waals surface area contributed by atoms with Gasteiger partial charge in [-0.3, -0.25) is 19.7 Å². The first kappa shape index (κ1) is 27.5. The molecule has 190 valence electrons. The average Bonchev–Trinajstić information content (AvgIpc) is 3.31. The minimum atomic E-state index is -3.61. The van der Waals surface area contributed by atoms with Crippen molar-refractivity contribution in [2.24, 2.45) is 0 Å². The Morgan fingerprint density at radius 3 is 2.11 bits per heavy atom. The van der Waals surface area contributed by atoms with Crippen LogP contribution in [0.1, 0.15) is 41.5 Å². The van der Waals surface area contributed by atoms with Gasteiger partial charge in [0.05, 0.1) is 10.6 Å². The first-order chi connectivity index (χ1) is 17.1. The van der Waals surface area contributed by atoms with Crippen molar-refractivity contribution < 1.29 is 22.8 Å². The van der Waals surface area contributed by atoms with Crippen LogP contribution in [0, 0.1) is 0 Å². The standard InChI is InChI=1S/C23H25N5O5S3/c1-4-28(5-2)36(32,33)19-12-8-17(9-13-19)21(31)25-22-26-27-23(35-22)34-14-20(30)24-18-10-6-16(7-11-18)15(3)29/h6-13H,4-5,14H2,1-3H3,(H,24,30)(H,25,26,31). The van der Waals surface area contributed by atoms with Crippen LogP contribution >= 0.6 is 23.1 Å². The Hall–Kier alpha value is -3.13. The largest absolute Gasteiger partial charge is 0.325 e. The summed E-state index contributed by atoms with van der Waals surface area (Å²) in [5.41, 5.74) is 1.41. The number of benzene rings is 2. The van der Waals surface area contributed by atoms with E-state index in [9.17, 15) is 22.8 Å². The topological polar surface area (TPSA) is 138 Å².